The maximum Gasteiger partial charge on any atom is 0.185 e. The van der Waals surface area contributed by atoms with Gasteiger partial charge in [0.15, 0.2) is 5.13 Å². The smallest absolute Gasteiger partial charge is 0.185 e. The average molecular weight is 243 g/mol. The Morgan fingerprint density at radius 3 is 3.07 bits per heavy atom. The molecule has 0 spiro atoms. The van der Waals surface area contributed by atoms with E-state index < -0.39 is 0 Å². The molecule has 2 N–H and O–H groups in total. The number of aromatic nitrogens is 1. The Hall–Kier alpha value is -0.260. The van der Waals surface area contributed by atoms with E-state index in [2.05, 4.69) is 15.3 Å². The molecule has 3 nitrogen and oxygen atoms in total. The molecule has 1 aromatic rings. The molecule has 1 fully saturated rings. The van der Waals surface area contributed by atoms with Crippen molar-refractivity contribution in [1.82, 2.24) is 4.98 Å². The van der Waals surface area contributed by atoms with Crippen LogP contribution in [0.3, 0.4) is 0 Å². The SMILES string of the molecule is CC(N)c1csc(N2CCCSCC2)n1. The van der Waals surface area contributed by atoms with E-state index >= 15 is 0 Å². The normalized spacial score (nSPS) is 20.0. The Balaban J connectivity index is 2.06. The molecular weight excluding hydrogens is 226 g/mol. The fourth-order valence-corrected chi connectivity index (χ4v) is 3.44. The van der Waals surface area contributed by atoms with Gasteiger partial charge < -0.3 is 10.6 Å². The lowest BCUT2D eigenvalue weighted by Gasteiger charge is -2.18. The lowest BCUT2D eigenvalue weighted by atomic mass is 10.3. The molecule has 0 saturated carbocycles. The zero-order chi connectivity index (χ0) is 10.7. The minimum absolute atomic E-state index is 0.0522. The van der Waals surface area contributed by atoms with Crippen LogP contribution in [0.1, 0.15) is 25.1 Å². The summed E-state index contributed by atoms with van der Waals surface area (Å²) in [5, 5.41) is 3.22. The second kappa shape index (κ2) is 5.18. The largest absolute Gasteiger partial charge is 0.347 e. The first-order chi connectivity index (χ1) is 7.27. The fourth-order valence-electron chi connectivity index (χ4n) is 1.57. The summed E-state index contributed by atoms with van der Waals surface area (Å²) in [6.45, 7) is 4.24. The highest BCUT2D eigenvalue weighted by atomic mass is 32.2. The molecule has 1 atom stereocenters. The Morgan fingerprint density at radius 2 is 2.33 bits per heavy atom. The number of thioether (sulfide) groups is 1. The third kappa shape index (κ3) is 2.86. The minimum Gasteiger partial charge on any atom is -0.347 e. The van der Waals surface area contributed by atoms with Crippen LogP contribution in [0.25, 0.3) is 0 Å². The average Bonchev–Trinajstić information content (AvgIpc) is 2.55. The van der Waals surface area contributed by atoms with Crippen LogP contribution in [0.2, 0.25) is 0 Å². The predicted octanol–water partition coefficient (Wildman–Crippen LogP) is 2.11. The fraction of sp³-hybridized carbons (Fsp3) is 0.700. The molecule has 1 aromatic heterocycles. The van der Waals surface area contributed by atoms with Crippen LogP contribution in [0.15, 0.2) is 5.38 Å². The topological polar surface area (TPSA) is 42.1 Å². The molecule has 0 bridgehead atoms. The van der Waals surface area contributed by atoms with Crippen molar-refractivity contribution >= 4 is 28.2 Å². The van der Waals surface area contributed by atoms with Crippen LogP contribution in [0.4, 0.5) is 5.13 Å². The van der Waals surface area contributed by atoms with E-state index in [1.807, 2.05) is 18.7 Å². The zero-order valence-corrected chi connectivity index (χ0v) is 10.6. The molecule has 1 unspecified atom stereocenters. The number of rotatable bonds is 2. The van der Waals surface area contributed by atoms with Crippen molar-refractivity contribution in [2.24, 2.45) is 5.73 Å². The highest BCUT2D eigenvalue weighted by Gasteiger charge is 2.14. The molecule has 2 heterocycles. The summed E-state index contributed by atoms with van der Waals surface area (Å²) in [5.41, 5.74) is 6.83. The lowest BCUT2D eigenvalue weighted by molar-refractivity contribution is 0.771. The van der Waals surface area contributed by atoms with E-state index in [0.29, 0.717) is 0 Å². The number of hydrogen-bond donors (Lipinski definition) is 1. The van der Waals surface area contributed by atoms with Crippen molar-refractivity contribution in [2.45, 2.75) is 19.4 Å². The molecule has 1 aliphatic heterocycles. The maximum atomic E-state index is 5.81. The molecule has 1 aliphatic rings. The maximum absolute atomic E-state index is 5.81. The molecule has 1 saturated heterocycles. The molecule has 0 radical (unpaired) electrons. The first-order valence-corrected chi connectivity index (χ1v) is 7.34. The van der Waals surface area contributed by atoms with Gasteiger partial charge in [-0.15, -0.1) is 11.3 Å². The minimum atomic E-state index is 0.0522. The summed E-state index contributed by atoms with van der Waals surface area (Å²) in [6.07, 6.45) is 1.26. The summed E-state index contributed by atoms with van der Waals surface area (Å²) >= 11 is 3.76. The quantitative estimate of drug-likeness (QED) is 0.864. The van der Waals surface area contributed by atoms with E-state index in [9.17, 15) is 0 Å². The second-order valence-corrected chi connectivity index (χ2v) is 5.86. The lowest BCUT2D eigenvalue weighted by Crippen LogP contribution is -2.25. The van der Waals surface area contributed by atoms with Gasteiger partial charge in [0.1, 0.15) is 0 Å². The number of hydrogen-bond acceptors (Lipinski definition) is 5. The molecule has 15 heavy (non-hydrogen) atoms. The second-order valence-electron chi connectivity index (χ2n) is 3.80. The van der Waals surface area contributed by atoms with Gasteiger partial charge in [-0.25, -0.2) is 4.98 Å². The van der Waals surface area contributed by atoms with E-state index in [1.165, 1.54) is 17.9 Å². The highest BCUT2D eigenvalue weighted by molar-refractivity contribution is 7.99. The Labute approximate surface area is 99.1 Å². The van der Waals surface area contributed by atoms with Crippen molar-refractivity contribution in [3.63, 3.8) is 0 Å². The van der Waals surface area contributed by atoms with Gasteiger partial charge in [0.2, 0.25) is 0 Å². The monoisotopic (exact) mass is 243 g/mol. The van der Waals surface area contributed by atoms with Gasteiger partial charge >= 0.3 is 0 Å². The molecule has 84 valence electrons. The molecular formula is C10H17N3S2. The third-order valence-electron chi connectivity index (χ3n) is 2.47. The van der Waals surface area contributed by atoms with Crippen molar-refractivity contribution in [1.29, 1.82) is 0 Å². The Bertz CT molecular complexity index is 303. The van der Waals surface area contributed by atoms with Crippen LogP contribution in [-0.4, -0.2) is 29.6 Å². The van der Waals surface area contributed by atoms with E-state index in [-0.39, 0.29) is 6.04 Å². The number of anilines is 1. The first-order valence-electron chi connectivity index (χ1n) is 5.31. The zero-order valence-electron chi connectivity index (χ0n) is 8.98. The standard InChI is InChI=1S/C10H17N3S2/c1-8(11)9-7-15-10(12-9)13-3-2-5-14-6-4-13/h7-8H,2-6,11H2,1H3. The summed E-state index contributed by atoms with van der Waals surface area (Å²) in [7, 11) is 0. The van der Waals surface area contributed by atoms with Crippen molar-refractivity contribution in [3.05, 3.63) is 11.1 Å². The van der Waals surface area contributed by atoms with Gasteiger partial charge in [-0.05, 0) is 19.1 Å². The van der Waals surface area contributed by atoms with Crippen molar-refractivity contribution < 1.29 is 0 Å². The van der Waals surface area contributed by atoms with Gasteiger partial charge in [0, 0.05) is 30.3 Å². The van der Waals surface area contributed by atoms with Crippen LogP contribution in [-0.2, 0) is 0 Å². The summed E-state index contributed by atoms with van der Waals surface area (Å²) in [4.78, 5) is 6.97. The van der Waals surface area contributed by atoms with Crippen LogP contribution in [0, 0.1) is 0 Å². The first kappa shape index (κ1) is 11.2. The summed E-state index contributed by atoms with van der Waals surface area (Å²) < 4.78 is 0. The third-order valence-corrected chi connectivity index (χ3v) is 4.44. The van der Waals surface area contributed by atoms with E-state index in [1.54, 1.807) is 11.3 Å². The van der Waals surface area contributed by atoms with Crippen molar-refractivity contribution in [3.8, 4) is 0 Å². The Kier molecular flexibility index (Phi) is 3.88. The molecule has 0 aromatic carbocycles. The van der Waals surface area contributed by atoms with Crippen molar-refractivity contribution in [2.75, 3.05) is 29.5 Å². The number of nitrogens with two attached hydrogens (primary N) is 1. The van der Waals surface area contributed by atoms with Crippen LogP contribution in [0.5, 0.6) is 0 Å². The van der Waals surface area contributed by atoms with Gasteiger partial charge in [0.05, 0.1) is 5.69 Å². The predicted molar refractivity (Wildman–Crippen MR) is 68.9 cm³/mol. The Morgan fingerprint density at radius 1 is 1.47 bits per heavy atom. The molecule has 5 heteroatoms. The molecule has 2 rings (SSSR count). The van der Waals surface area contributed by atoms with Gasteiger partial charge in [-0.1, -0.05) is 0 Å². The van der Waals surface area contributed by atoms with Crippen LogP contribution >= 0.6 is 23.1 Å². The van der Waals surface area contributed by atoms with Gasteiger partial charge in [-0.2, -0.15) is 11.8 Å². The van der Waals surface area contributed by atoms with E-state index in [0.717, 1.165) is 23.9 Å². The number of nitrogens with zero attached hydrogens (tertiary/aromatic N) is 2. The summed E-state index contributed by atoms with van der Waals surface area (Å²) in [5.74, 6) is 2.50. The highest BCUT2D eigenvalue weighted by Crippen LogP contribution is 2.25. The van der Waals surface area contributed by atoms with Gasteiger partial charge in [0.25, 0.3) is 0 Å². The van der Waals surface area contributed by atoms with Gasteiger partial charge in [-0.3, -0.25) is 0 Å². The van der Waals surface area contributed by atoms with E-state index in [4.69, 9.17) is 5.73 Å². The molecule has 0 amide bonds. The number of thiazole rings is 1. The molecule has 0 aliphatic carbocycles. The van der Waals surface area contributed by atoms with Crippen LogP contribution < -0.4 is 10.6 Å². The summed E-state index contributed by atoms with van der Waals surface area (Å²) in [6, 6.07) is 0.0522.